The molecule has 4 heteroatoms. The Kier molecular flexibility index (Phi) is 4.56. The van der Waals surface area contributed by atoms with Crippen LogP contribution < -0.4 is 0 Å². The van der Waals surface area contributed by atoms with Crippen molar-refractivity contribution in [2.45, 2.75) is 6.92 Å². The molecule has 0 radical (unpaired) electrons. The summed E-state index contributed by atoms with van der Waals surface area (Å²) in [6.07, 6.45) is 4.05. The number of halogens is 1. The van der Waals surface area contributed by atoms with E-state index in [0.29, 0.717) is 5.17 Å². The second kappa shape index (κ2) is 4.63. The molecule has 1 N–H and O–H groups in total. The maximum atomic E-state index is 7.38. The Balaban J connectivity index is 0.000000810. The fourth-order valence-corrected chi connectivity index (χ4v) is 1.39. The average Bonchev–Trinajstić information content (AvgIpc) is 1.89. The van der Waals surface area contributed by atoms with Gasteiger partial charge in [0.25, 0.3) is 0 Å². The number of nitrogens with one attached hydrogen (secondary N) is 1. The molecule has 0 fully saturated rings. The van der Waals surface area contributed by atoms with Crippen molar-refractivity contribution in [2.75, 3.05) is 12.3 Å². The molecular weight excluding hydrogens is 168 g/mol. The Morgan fingerprint density at radius 3 is 2.90 bits per heavy atom. The summed E-state index contributed by atoms with van der Waals surface area (Å²) in [4.78, 5) is 1.92. The molecule has 58 valence electrons. The number of nitrogens with zero attached hydrogens (tertiary/aromatic N) is 1. The summed E-state index contributed by atoms with van der Waals surface area (Å²) in [5.74, 6) is 0.954. The van der Waals surface area contributed by atoms with Crippen LogP contribution in [0.4, 0.5) is 0 Å². The first-order chi connectivity index (χ1) is 4.34. The monoisotopic (exact) mass is 178 g/mol. The number of amidine groups is 1. The van der Waals surface area contributed by atoms with Gasteiger partial charge in [-0.05, 0) is 6.92 Å². The first kappa shape index (κ1) is 9.85. The van der Waals surface area contributed by atoms with Crippen molar-refractivity contribution in [3.8, 4) is 0 Å². The summed E-state index contributed by atoms with van der Waals surface area (Å²) in [5, 5.41) is 8.05. The second-order valence-corrected chi connectivity index (χ2v) is 2.80. The predicted octanol–water partition coefficient (Wildman–Crippen LogP) is 1.93. The van der Waals surface area contributed by atoms with Crippen molar-refractivity contribution in [3.05, 3.63) is 12.3 Å². The van der Waals surface area contributed by atoms with Crippen LogP contribution >= 0.6 is 24.2 Å². The number of hydrogen-bond acceptors (Lipinski definition) is 2. The van der Waals surface area contributed by atoms with Gasteiger partial charge in [-0.3, -0.25) is 5.41 Å². The van der Waals surface area contributed by atoms with Crippen LogP contribution in [-0.4, -0.2) is 22.4 Å². The molecule has 0 aromatic rings. The van der Waals surface area contributed by atoms with E-state index in [9.17, 15) is 0 Å². The van der Waals surface area contributed by atoms with E-state index in [1.807, 2.05) is 18.0 Å². The topological polar surface area (TPSA) is 27.1 Å². The van der Waals surface area contributed by atoms with Gasteiger partial charge in [-0.25, -0.2) is 0 Å². The van der Waals surface area contributed by atoms with Gasteiger partial charge in [0.2, 0.25) is 0 Å². The molecule has 0 amide bonds. The third-order valence-corrected chi connectivity index (χ3v) is 2.07. The highest BCUT2D eigenvalue weighted by atomic mass is 35.5. The highest BCUT2D eigenvalue weighted by Gasteiger charge is 2.06. The van der Waals surface area contributed by atoms with E-state index in [-0.39, 0.29) is 12.4 Å². The van der Waals surface area contributed by atoms with Crippen LogP contribution in [0.5, 0.6) is 0 Å². The van der Waals surface area contributed by atoms with Gasteiger partial charge in [0, 0.05) is 18.5 Å². The zero-order valence-corrected chi connectivity index (χ0v) is 7.47. The van der Waals surface area contributed by atoms with Crippen LogP contribution in [0.15, 0.2) is 12.3 Å². The largest absolute Gasteiger partial charge is 0.329 e. The Morgan fingerprint density at radius 1 is 1.80 bits per heavy atom. The normalized spacial score (nSPS) is 16.9. The minimum absolute atomic E-state index is 0. The van der Waals surface area contributed by atoms with E-state index < -0.39 is 0 Å². The van der Waals surface area contributed by atoms with Crippen molar-refractivity contribution in [1.82, 2.24) is 4.90 Å². The van der Waals surface area contributed by atoms with Crippen molar-refractivity contribution >= 4 is 29.3 Å². The standard InChI is InChI=1S/C6H10N2S.ClH/c1-2-8-4-3-5-9-6(8)7;/h3-4,7H,2,5H2,1H3;1H. The van der Waals surface area contributed by atoms with E-state index >= 15 is 0 Å². The summed E-state index contributed by atoms with van der Waals surface area (Å²) in [6, 6.07) is 0. The van der Waals surface area contributed by atoms with Gasteiger partial charge in [0.05, 0.1) is 0 Å². The Morgan fingerprint density at radius 2 is 2.50 bits per heavy atom. The van der Waals surface area contributed by atoms with Gasteiger partial charge in [-0.15, -0.1) is 12.4 Å². The molecule has 1 rings (SSSR count). The molecule has 0 spiro atoms. The summed E-state index contributed by atoms with van der Waals surface area (Å²) in [6.45, 7) is 2.95. The summed E-state index contributed by atoms with van der Waals surface area (Å²) in [7, 11) is 0. The average molecular weight is 179 g/mol. The Bertz CT molecular complexity index is 147. The van der Waals surface area contributed by atoms with E-state index in [0.717, 1.165) is 12.3 Å². The molecule has 2 nitrogen and oxygen atoms in total. The fourth-order valence-electron chi connectivity index (χ4n) is 0.697. The van der Waals surface area contributed by atoms with Crippen molar-refractivity contribution in [2.24, 2.45) is 0 Å². The van der Waals surface area contributed by atoms with Gasteiger partial charge in [0.1, 0.15) is 0 Å². The molecule has 0 aromatic carbocycles. The lowest BCUT2D eigenvalue weighted by Gasteiger charge is -2.20. The molecule has 0 saturated carbocycles. The maximum absolute atomic E-state index is 7.38. The van der Waals surface area contributed by atoms with Crippen molar-refractivity contribution < 1.29 is 0 Å². The van der Waals surface area contributed by atoms with E-state index in [4.69, 9.17) is 5.41 Å². The lowest BCUT2D eigenvalue weighted by Crippen LogP contribution is -2.24. The van der Waals surface area contributed by atoms with Crippen LogP contribution in [0.1, 0.15) is 6.92 Å². The maximum Gasteiger partial charge on any atom is 0.160 e. The first-order valence-electron chi connectivity index (χ1n) is 2.99. The number of hydrogen-bond donors (Lipinski definition) is 1. The van der Waals surface area contributed by atoms with Gasteiger partial charge in [0.15, 0.2) is 5.17 Å². The zero-order chi connectivity index (χ0) is 6.69. The molecule has 1 aliphatic heterocycles. The van der Waals surface area contributed by atoms with Gasteiger partial charge < -0.3 is 4.90 Å². The molecule has 0 saturated heterocycles. The zero-order valence-electron chi connectivity index (χ0n) is 5.83. The smallest absolute Gasteiger partial charge is 0.160 e. The van der Waals surface area contributed by atoms with Crippen molar-refractivity contribution in [1.29, 1.82) is 5.41 Å². The quantitative estimate of drug-likeness (QED) is 0.665. The highest BCUT2D eigenvalue weighted by molar-refractivity contribution is 8.13. The van der Waals surface area contributed by atoms with Crippen LogP contribution in [0.3, 0.4) is 0 Å². The summed E-state index contributed by atoms with van der Waals surface area (Å²) < 4.78 is 0. The summed E-state index contributed by atoms with van der Waals surface area (Å²) in [5.41, 5.74) is 0. The SMILES string of the molecule is CCN1C=CCSC1=N.Cl. The second-order valence-electron chi connectivity index (χ2n) is 1.79. The Labute approximate surface area is 71.6 Å². The molecule has 0 atom stereocenters. The molecule has 1 heterocycles. The molecule has 0 aromatic heterocycles. The number of rotatable bonds is 1. The molecule has 0 bridgehead atoms. The molecule has 0 unspecified atom stereocenters. The lowest BCUT2D eigenvalue weighted by molar-refractivity contribution is 0.595. The fraction of sp³-hybridized carbons (Fsp3) is 0.500. The van der Waals surface area contributed by atoms with Gasteiger partial charge >= 0.3 is 0 Å². The minimum Gasteiger partial charge on any atom is -0.329 e. The van der Waals surface area contributed by atoms with Crippen LogP contribution in [-0.2, 0) is 0 Å². The van der Waals surface area contributed by atoms with Crippen LogP contribution in [0.25, 0.3) is 0 Å². The van der Waals surface area contributed by atoms with Crippen LogP contribution in [0, 0.1) is 5.41 Å². The van der Waals surface area contributed by atoms with Gasteiger partial charge in [-0.1, -0.05) is 17.8 Å². The highest BCUT2D eigenvalue weighted by Crippen LogP contribution is 2.12. The van der Waals surface area contributed by atoms with E-state index in [1.54, 1.807) is 11.8 Å². The minimum atomic E-state index is 0. The van der Waals surface area contributed by atoms with E-state index in [2.05, 4.69) is 6.08 Å². The molecule has 1 aliphatic rings. The third-order valence-electron chi connectivity index (χ3n) is 1.20. The first-order valence-corrected chi connectivity index (χ1v) is 3.98. The lowest BCUT2D eigenvalue weighted by atomic mass is 10.6. The van der Waals surface area contributed by atoms with E-state index in [1.165, 1.54) is 0 Å². The predicted molar refractivity (Wildman–Crippen MR) is 49.0 cm³/mol. The Hall–Kier alpha value is -0.150. The molecule has 0 aliphatic carbocycles. The van der Waals surface area contributed by atoms with Crippen molar-refractivity contribution in [3.63, 3.8) is 0 Å². The summed E-state index contributed by atoms with van der Waals surface area (Å²) >= 11 is 1.57. The van der Waals surface area contributed by atoms with Crippen LogP contribution in [0.2, 0.25) is 0 Å². The molecule has 10 heavy (non-hydrogen) atoms. The third kappa shape index (κ3) is 2.23. The molecular formula is C6H11ClN2S. The number of thioether (sulfide) groups is 1. The van der Waals surface area contributed by atoms with Gasteiger partial charge in [-0.2, -0.15) is 0 Å².